The maximum atomic E-state index is 5.32. The first-order chi connectivity index (χ1) is 9.28. The Morgan fingerprint density at radius 2 is 2.21 bits per heavy atom. The number of nitrogens with zero attached hydrogens (tertiary/aromatic N) is 3. The molecule has 0 aliphatic heterocycles. The van der Waals surface area contributed by atoms with Crippen molar-refractivity contribution in [1.82, 2.24) is 19.7 Å². The number of hydrogen-bond donors (Lipinski definition) is 1. The van der Waals surface area contributed by atoms with Gasteiger partial charge in [-0.1, -0.05) is 0 Å². The molecule has 0 spiro atoms. The van der Waals surface area contributed by atoms with Gasteiger partial charge >= 0.3 is 0 Å². The number of fused-ring (bicyclic) bond motifs is 1. The van der Waals surface area contributed by atoms with Gasteiger partial charge in [-0.2, -0.15) is 4.98 Å². The average molecular weight is 294 g/mol. The Morgan fingerprint density at radius 1 is 1.32 bits per heavy atom. The molecule has 100 valence electrons. The van der Waals surface area contributed by atoms with E-state index in [1.54, 1.807) is 29.8 Å². The first kappa shape index (κ1) is 12.6. The zero-order valence-corrected chi connectivity index (χ0v) is 12.3. The molecule has 0 saturated carbocycles. The molecule has 0 aromatic carbocycles. The fourth-order valence-electron chi connectivity index (χ4n) is 1.94. The highest BCUT2D eigenvalue weighted by Gasteiger charge is 2.13. The van der Waals surface area contributed by atoms with Gasteiger partial charge in [0.2, 0.25) is 5.88 Å². The molecule has 0 radical (unpaired) electrons. The van der Waals surface area contributed by atoms with Gasteiger partial charge in [-0.3, -0.25) is 4.40 Å². The summed E-state index contributed by atoms with van der Waals surface area (Å²) in [6, 6.07) is 0. The fourth-order valence-corrected chi connectivity index (χ4v) is 3.27. The Morgan fingerprint density at radius 3 is 2.95 bits per heavy atom. The minimum atomic E-state index is 0.689. The molecule has 0 aliphatic carbocycles. The summed E-state index contributed by atoms with van der Waals surface area (Å²) in [5.41, 5.74) is 2.12. The van der Waals surface area contributed by atoms with E-state index in [-0.39, 0.29) is 0 Å². The van der Waals surface area contributed by atoms with Gasteiger partial charge in [-0.05, 0) is 6.92 Å². The lowest BCUT2D eigenvalue weighted by Crippen LogP contribution is -2.14. The monoisotopic (exact) mass is 294 g/mol. The topological polar surface area (TPSA) is 51.5 Å². The molecule has 19 heavy (non-hydrogen) atoms. The van der Waals surface area contributed by atoms with E-state index in [4.69, 9.17) is 4.74 Å². The standard InChI is InChI=1S/C12H14N4OS2/c1-8-14-9(7-19-8)5-13-6-10-11(17-2)15-12-16(10)3-4-18-12/h3-4,7,13H,5-6H2,1-2H3. The molecular formula is C12H14N4OS2. The largest absolute Gasteiger partial charge is 0.480 e. The van der Waals surface area contributed by atoms with Crippen LogP contribution in [-0.4, -0.2) is 21.5 Å². The second-order valence-corrected chi connectivity index (χ2v) is 6.02. The minimum Gasteiger partial charge on any atom is -0.480 e. The van der Waals surface area contributed by atoms with E-state index in [1.165, 1.54) is 0 Å². The summed E-state index contributed by atoms with van der Waals surface area (Å²) in [4.78, 5) is 9.81. The Balaban J connectivity index is 1.72. The molecule has 3 heterocycles. The second-order valence-electron chi connectivity index (χ2n) is 4.08. The number of ether oxygens (including phenoxy) is 1. The maximum absolute atomic E-state index is 5.32. The third-order valence-electron chi connectivity index (χ3n) is 2.78. The van der Waals surface area contributed by atoms with Crippen molar-refractivity contribution in [3.63, 3.8) is 0 Å². The van der Waals surface area contributed by atoms with Crippen molar-refractivity contribution < 1.29 is 4.74 Å². The quantitative estimate of drug-likeness (QED) is 0.785. The minimum absolute atomic E-state index is 0.689. The van der Waals surface area contributed by atoms with Gasteiger partial charge in [0.15, 0.2) is 4.96 Å². The Hall–Kier alpha value is -1.44. The average Bonchev–Trinajstić information content (AvgIpc) is 3.06. The third kappa shape index (κ3) is 2.49. The summed E-state index contributed by atoms with van der Waals surface area (Å²) in [5, 5.41) is 8.58. The van der Waals surface area contributed by atoms with Crippen LogP contribution in [-0.2, 0) is 13.1 Å². The summed E-state index contributed by atoms with van der Waals surface area (Å²) in [6.45, 7) is 3.48. The summed E-state index contributed by atoms with van der Waals surface area (Å²) in [6.07, 6.45) is 2.01. The number of imidazole rings is 1. The van der Waals surface area contributed by atoms with Gasteiger partial charge in [0.1, 0.15) is 5.69 Å². The lowest BCUT2D eigenvalue weighted by molar-refractivity contribution is 0.392. The molecule has 0 bridgehead atoms. The van der Waals surface area contributed by atoms with Crippen molar-refractivity contribution in [3.05, 3.63) is 33.4 Å². The number of thiazole rings is 2. The molecule has 3 aromatic rings. The molecule has 3 rings (SSSR count). The Bertz CT molecular complexity index is 685. The van der Waals surface area contributed by atoms with E-state index >= 15 is 0 Å². The third-order valence-corrected chi connectivity index (χ3v) is 4.36. The van der Waals surface area contributed by atoms with Gasteiger partial charge in [0, 0.05) is 30.0 Å². The van der Waals surface area contributed by atoms with Crippen LogP contribution in [0.4, 0.5) is 0 Å². The van der Waals surface area contributed by atoms with E-state index < -0.39 is 0 Å². The van der Waals surface area contributed by atoms with Crippen LogP contribution in [0.15, 0.2) is 17.0 Å². The lowest BCUT2D eigenvalue weighted by atomic mass is 10.4. The van der Waals surface area contributed by atoms with Crippen LogP contribution in [0.5, 0.6) is 5.88 Å². The van der Waals surface area contributed by atoms with Gasteiger partial charge in [-0.15, -0.1) is 22.7 Å². The number of methoxy groups -OCH3 is 1. The number of rotatable bonds is 5. The predicted molar refractivity (Wildman–Crippen MR) is 77.0 cm³/mol. The van der Waals surface area contributed by atoms with E-state index in [2.05, 4.69) is 25.1 Å². The van der Waals surface area contributed by atoms with Crippen molar-refractivity contribution in [2.24, 2.45) is 0 Å². The zero-order valence-electron chi connectivity index (χ0n) is 10.7. The van der Waals surface area contributed by atoms with Crippen molar-refractivity contribution >= 4 is 27.6 Å². The summed E-state index contributed by atoms with van der Waals surface area (Å²) in [7, 11) is 1.65. The summed E-state index contributed by atoms with van der Waals surface area (Å²) in [5.74, 6) is 0.689. The smallest absolute Gasteiger partial charge is 0.237 e. The van der Waals surface area contributed by atoms with Crippen LogP contribution in [0.1, 0.15) is 16.4 Å². The van der Waals surface area contributed by atoms with E-state index in [0.717, 1.165) is 27.9 Å². The van der Waals surface area contributed by atoms with Crippen LogP contribution in [0.25, 0.3) is 4.96 Å². The van der Waals surface area contributed by atoms with Gasteiger partial charge < -0.3 is 10.1 Å². The highest BCUT2D eigenvalue weighted by Crippen LogP contribution is 2.22. The molecule has 3 aromatic heterocycles. The van der Waals surface area contributed by atoms with Crippen LogP contribution >= 0.6 is 22.7 Å². The van der Waals surface area contributed by atoms with Gasteiger partial charge in [-0.25, -0.2) is 4.98 Å². The van der Waals surface area contributed by atoms with Crippen LogP contribution in [0.2, 0.25) is 0 Å². The Labute approximate surface area is 118 Å². The molecule has 0 aliphatic rings. The Kier molecular flexibility index (Phi) is 3.50. The fraction of sp³-hybridized carbons (Fsp3) is 0.333. The number of nitrogens with one attached hydrogen (secondary N) is 1. The molecule has 0 atom stereocenters. The molecule has 0 unspecified atom stereocenters. The molecule has 0 amide bonds. The van der Waals surface area contributed by atoms with E-state index in [9.17, 15) is 0 Å². The highest BCUT2D eigenvalue weighted by atomic mass is 32.1. The van der Waals surface area contributed by atoms with Crippen molar-refractivity contribution in [2.45, 2.75) is 20.0 Å². The highest BCUT2D eigenvalue weighted by molar-refractivity contribution is 7.15. The lowest BCUT2D eigenvalue weighted by Gasteiger charge is -2.04. The van der Waals surface area contributed by atoms with E-state index in [0.29, 0.717) is 12.4 Å². The zero-order chi connectivity index (χ0) is 13.2. The number of aromatic nitrogens is 3. The van der Waals surface area contributed by atoms with Crippen LogP contribution < -0.4 is 10.1 Å². The first-order valence-electron chi connectivity index (χ1n) is 5.88. The molecule has 0 fully saturated rings. The van der Waals surface area contributed by atoms with Gasteiger partial charge in [0.05, 0.1) is 17.8 Å². The van der Waals surface area contributed by atoms with E-state index in [1.807, 2.05) is 18.5 Å². The van der Waals surface area contributed by atoms with Crippen molar-refractivity contribution in [1.29, 1.82) is 0 Å². The maximum Gasteiger partial charge on any atom is 0.237 e. The molecule has 1 N–H and O–H groups in total. The second kappa shape index (κ2) is 5.28. The predicted octanol–water partition coefficient (Wildman–Crippen LogP) is 2.46. The SMILES string of the molecule is COc1nc2sccn2c1CNCc1csc(C)n1. The molecule has 7 heteroatoms. The van der Waals surface area contributed by atoms with Gasteiger partial charge in [0.25, 0.3) is 0 Å². The first-order valence-corrected chi connectivity index (χ1v) is 7.64. The number of aryl methyl sites for hydroxylation is 1. The molecule has 5 nitrogen and oxygen atoms in total. The van der Waals surface area contributed by atoms with Crippen molar-refractivity contribution in [2.75, 3.05) is 7.11 Å². The summed E-state index contributed by atoms with van der Waals surface area (Å²) >= 11 is 3.28. The number of hydrogen-bond acceptors (Lipinski definition) is 6. The normalized spacial score (nSPS) is 11.3. The molecular weight excluding hydrogens is 280 g/mol. The van der Waals surface area contributed by atoms with Crippen LogP contribution in [0.3, 0.4) is 0 Å². The van der Waals surface area contributed by atoms with Crippen molar-refractivity contribution in [3.8, 4) is 5.88 Å². The van der Waals surface area contributed by atoms with Crippen LogP contribution in [0, 0.1) is 6.92 Å². The summed E-state index contributed by atoms with van der Waals surface area (Å²) < 4.78 is 7.38. The molecule has 0 saturated heterocycles.